The second-order valence-electron chi connectivity index (χ2n) is 4.33. The summed E-state index contributed by atoms with van der Waals surface area (Å²) in [6, 6.07) is 8.29. The van der Waals surface area contributed by atoms with E-state index in [1.165, 1.54) is 17.2 Å². The average molecular weight is 284 g/mol. The van der Waals surface area contributed by atoms with Crippen LogP contribution in [0.4, 0.5) is 0 Å². The van der Waals surface area contributed by atoms with Crippen molar-refractivity contribution in [3.8, 4) is 0 Å². The minimum absolute atomic E-state index is 0. The topological polar surface area (TPSA) is 42.9 Å². The van der Waals surface area contributed by atoms with Gasteiger partial charge in [0.05, 0.1) is 6.54 Å². The van der Waals surface area contributed by atoms with Gasteiger partial charge in [-0.3, -0.25) is 0 Å². The molecule has 1 unspecified atom stereocenters. The third-order valence-corrected chi connectivity index (χ3v) is 2.76. The lowest BCUT2D eigenvalue weighted by molar-refractivity contribution is -0.667. The van der Waals surface area contributed by atoms with Gasteiger partial charge in [-0.1, -0.05) is 30.8 Å². The van der Waals surface area contributed by atoms with Crippen LogP contribution in [-0.4, -0.2) is 18.6 Å². The minimum Gasteiger partial charge on any atom is -1.00 e. The fraction of sp³-hybridized carbons (Fsp3) is 0.400. The van der Waals surface area contributed by atoms with E-state index >= 15 is 0 Å². The highest BCUT2D eigenvalue weighted by Crippen LogP contribution is 2.12. The third-order valence-electron chi connectivity index (χ3n) is 2.76. The maximum absolute atomic E-state index is 11.1. The molecular weight excluding hydrogens is 262 g/mol. The number of nitrogens with two attached hydrogens (primary N) is 1. The molecule has 106 valence electrons. The summed E-state index contributed by atoms with van der Waals surface area (Å²) in [4.78, 5) is 11.1. The number of esters is 1. The number of hydrogen-bond donors (Lipinski definition) is 1. The number of hydrogen-bond acceptors (Lipinski definition) is 2. The molecule has 0 heterocycles. The first kappa shape index (κ1) is 17.7. The van der Waals surface area contributed by atoms with Gasteiger partial charge in [0.1, 0.15) is 12.6 Å². The Morgan fingerprint density at radius 1 is 1.42 bits per heavy atom. The van der Waals surface area contributed by atoms with Crippen molar-refractivity contribution in [3.05, 3.63) is 48.0 Å². The van der Waals surface area contributed by atoms with Gasteiger partial charge < -0.3 is 22.5 Å². The molecule has 0 saturated heterocycles. The Hall–Kier alpha value is -1.32. The molecule has 19 heavy (non-hydrogen) atoms. The van der Waals surface area contributed by atoms with Crippen molar-refractivity contribution in [2.45, 2.75) is 32.9 Å². The van der Waals surface area contributed by atoms with Crippen molar-refractivity contribution < 1.29 is 27.3 Å². The number of halogens is 1. The molecule has 0 radical (unpaired) electrons. The number of benzene rings is 1. The van der Waals surface area contributed by atoms with E-state index in [1.807, 2.05) is 19.1 Å². The molecule has 0 aliphatic carbocycles. The normalized spacial score (nSPS) is 11.3. The van der Waals surface area contributed by atoms with Crippen LogP contribution in [0.15, 0.2) is 36.9 Å². The molecule has 0 spiro atoms. The second kappa shape index (κ2) is 9.59. The van der Waals surface area contributed by atoms with E-state index < -0.39 is 0 Å². The average Bonchev–Trinajstić information content (AvgIpc) is 2.37. The fourth-order valence-electron chi connectivity index (χ4n) is 1.85. The quantitative estimate of drug-likeness (QED) is 0.486. The fourth-order valence-corrected chi connectivity index (χ4v) is 1.85. The lowest BCUT2D eigenvalue weighted by Gasteiger charge is -2.14. The van der Waals surface area contributed by atoms with Crippen molar-refractivity contribution in [2.24, 2.45) is 0 Å². The van der Waals surface area contributed by atoms with Crippen molar-refractivity contribution in [1.82, 2.24) is 0 Å². The summed E-state index contributed by atoms with van der Waals surface area (Å²) in [5.74, 6) is -0.361. The van der Waals surface area contributed by atoms with Crippen LogP contribution in [-0.2, 0) is 22.5 Å². The first-order valence-corrected chi connectivity index (χ1v) is 6.38. The molecule has 1 atom stereocenters. The van der Waals surface area contributed by atoms with E-state index in [0.717, 1.165) is 19.5 Å². The second-order valence-corrected chi connectivity index (χ2v) is 4.33. The highest BCUT2D eigenvalue weighted by atomic mass is 35.5. The van der Waals surface area contributed by atoms with E-state index in [1.54, 1.807) is 0 Å². The first-order chi connectivity index (χ1) is 8.67. The molecule has 1 aromatic rings. The Morgan fingerprint density at radius 3 is 2.63 bits per heavy atom. The van der Waals surface area contributed by atoms with Crippen LogP contribution < -0.4 is 17.7 Å². The predicted molar refractivity (Wildman–Crippen MR) is 72.1 cm³/mol. The zero-order valence-electron chi connectivity index (χ0n) is 11.6. The van der Waals surface area contributed by atoms with E-state index in [2.05, 4.69) is 31.0 Å². The van der Waals surface area contributed by atoms with Gasteiger partial charge in [-0.25, -0.2) is 4.79 Å². The van der Waals surface area contributed by atoms with Gasteiger partial charge in [0.15, 0.2) is 0 Å². The van der Waals surface area contributed by atoms with Gasteiger partial charge >= 0.3 is 5.97 Å². The zero-order valence-corrected chi connectivity index (χ0v) is 12.3. The summed E-state index contributed by atoms with van der Waals surface area (Å²) >= 11 is 0. The summed E-state index contributed by atoms with van der Waals surface area (Å²) in [7, 11) is 0. The zero-order chi connectivity index (χ0) is 13.4. The molecule has 0 aliphatic rings. The molecule has 0 bridgehead atoms. The lowest BCUT2D eigenvalue weighted by Crippen LogP contribution is -3.00. The van der Waals surface area contributed by atoms with Gasteiger partial charge in [0.2, 0.25) is 0 Å². The van der Waals surface area contributed by atoms with E-state index in [9.17, 15) is 4.79 Å². The number of carbonyl (C=O) groups excluding carboxylic acids is 1. The Kier molecular flexibility index (Phi) is 8.92. The molecule has 4 heteroatoms. The summed E-state index contributed by atoms with van der Waals surface area (Å²) in [6.07, 6.45) is 1.82. The number of quaternary nitrogens is 1. The molecule has 0 saturated carbocycles. The van der Waals surface area contributed by atoms with Gasteiger partial charge in [-0.05, 0) is 19.4 Å². The highest BCUT2D eigenvalue weighted by molar-refractivity contribution is 5.81. The van der Waals surface area contributed by atoms with Crippen LogP contribution in [0.5, 0.6) is 0 Å². The molecule has 3 nitrogen and oxygen atoms in total. The minimum atomic E-state index is -0.361. The summed E-state index contributed by atoms with van der Waals surface area (Å²) in [5, 5.41) is 2.25. The predicted octanol–water partition coefficient (Wildman–Crippen LogP) is -1.57. The Labute approximate surface area is 121 Å². The van der Waals surface area contributed by atoms with Gasteiger partial charge in [0.25, 0.3) is 0 Å². The van der Waals surface area contributed by atoms with Gasteiger partial charge in [-0.2, -0.15) is 0 Å². The number of ether oxygens (including phenoxy) is 1. The van der Waals surface area contributed by atoms with Crippen LogP contribution in [0.1, 0.15) is 25.0 Å². The Balaban J connectivity index is 0.00000324. The smallest absolute Gasteiger partial charge is 0.330 e. The Morgan fingerprint density at radius 2 is 2.05 bits per heavy atom. The Bertz CT molecular complexity index is 407. The summed E-state index contributed by atoms with van der Waals surface area (Å²) in [6.45, 7) is 9.47. The third kappa shape index (κ3) is 6.41. The SMILES string of the molecule is C=CC(=O)OC(C)Cc1ccccc1C[NH2+]CC.[Cl-]. The van der Waals surface area contributed by atoms with Crippen molar-refractivity contribution >= 4 is 5.97 Å². The largest absolute Gasteiger partial charge is 1.00 e. The van der Waals surface area contributed by atoms with Crippen LogP contribution in [0.2, 0.25) is 0 Å². The molecule has 1 aromatic carbocycles. The van der Waals surface area contributed by atoms with E-state index in [-0.39, 0.29) is 24.5 Å². The van der Waals surface area contributed by atoms with E-state index in [0.29, 0.717) is 0 Å². The monoisotopic (exact) mass is 283 g/mol. The molecule has 1 rings (SSSR count). The first-order valence-electron chi connectivity index (χ1n) is 6.38. The van der Waals surface area contributed by atoms with Gasteiger partial charge in [0, 0.05) is 18.1 Å². The maximum atomic E-state index is 11.1. The van der Waals surface area contributed by atoms with Crippen LogP contribution in [0.25, 0.3) is 0 Å². The molecule has 0 amide bonds. The maximum Gasteiger partial charge on any atom is 0.330 e. The number of rotatable bonds is 7. The summed E-state index contributed by atoms with van der Waals surface area (Å²) in [5.41, 5.74) is 2.55. The highest BCUT2D eigenvalue weighted by Gasteiger charge is 2.11. The van der Waals surface area contributed by atoms with Crippen LogP contribution in [0, 0.1) is 0 Å². The van der Waals surface area contributed by atoms with Crippen molar-refractivity contribution in [3.63, 3.8) is 0 Å². The van der Waals surface area contributed by atoms with Gasteiger partial charge in [-0.15, -0.1) is 0 Å². The van der Waals surface area contributed by atoms with Crippen molar-refractivity contribution in [1.29, 1.82) is 0 Å². The summed E-state index contributed by atoms with van der Waals surface area (Å²) < 4.78 is 5.20. The van der Waals surface area contributed by atoms with E-state index in [4.69, 9.17) is 4.74 Å². The van der Waals surface area contributed by atoms with Crippen LogP contribution in [0.3, 0.4) is 0 Å². The number of carbonyl (C=O) groups is 1. The molecule has 0 fully saturated rings. The molecule has 0 aromatic heterocycles. The molecule has 0 aliphatic heterocycles. The standard InChI is InChI=1S/C15H21NO2.ClH/c1-4-15(17)18-12(3)10-13-8-6-7-9-14(13)11-16-5-2;/h4,6-9,12,16H,1,5,10-11H2,2-3H3;1H. The van der Waals surface area contributed by atoms with Crippen LogP contribution >= 0.6 is 0 Å². The molecular formula is C15H22ClNO2. The molecule has 2 N–H and O–H groups in total. The van der Waals surface area contributed by atoms with Crippen molar-refractivity contribution in [2.75, 3.05) is 6.54 Å². The lowest BCUT2D eigenvalue weighted by atomic mass is 10.0.